The van der Waals surface area contributed by atoms with E-state index < -0.39 is 6.10 Å². The van der Waals surface area contributed by atoms with Gasteiger partial charge in [0, 0.05) is 25.7 Å². The molecule has 88 valence electrons. The number of hydrogen-bond donors (Lipinski definition) is 0. The quantitative estimate of drug-likeness (QED) is 0.810. The summed E-state index contributed by atoms with van der Waals surface area (Å²) in [4.78, 5) is 13.4. The number of likely N-dealkylation sites (N-methyl/N-ethyl adjacent to an activating group) is 1. The van der Waals surface area contributed by atoms with E-state index in [1.165, 1.54) is 7.11 Å². The fourth-order valence-corrected chi connectivity index (χ4v) is 1.48. The minimum atomic E-state index is -0.405. The van der Waals surface area contributed by atoms with Crippen molar-refractivity contribution in [2.75, 3.05) is 14.2 Å². The molecule has 0 aliphatic rings. The van der Waals surface area contributed by atoms with E-state index in [1.54, 1.807) is 18.9 Å². The number of carbonyl (C=O) groups excluding carboxylic acids is 1. The number of rotatable bonds is 4. The van der Waals surface area contributed by atoms with Gasteiger partial charge < -0.3 is 9.64 Å². The molecule has 0 bridgehead atoms. The normalized spacial score (nSPS) is 12.2. The Morgan fingerprint density at radius 1 is 1.44 bits per heavy atom. The third kappa shape index (κ3) is 3.51. The first kappa shape index (κ1) is 13.0. The van der Waals surface area contributed by atoms with Gasteiger partial charge in [-0.1, -0.05) is 23.7 Å². The lowest BCUT2D eigenvalue weighted by Crippen LogP contribution is -2.35. The van der Waals surface area contributed by atoms with Gasteiger partial charge >= 0.3 is 0 Å². The molecule has 1 amide bonds. The molecule has 0 N–H and O–H groups in total. The van der Waals surface area contributed by atoms with E-state index in [1.807, 2.05) is 24.3 Å². The van der Waals surface area contributed by atoms with Gasteiger partial charge in [-0.3, -0.25) is 4.79 Å². The van der Waals surface area contributed by atoms with Crippen LogP contribution in [0.3, 0.4) is 0 Å². The molecule has 1 unspecified atom stereocenters. The molecule has 1 aromatic rings. The van der Waals surface area contributed by atoms with Gasteiger partial charge in [0.1, 0.15) is 6.10 Å². The summed E-state index contributed by atoms with van der Waals surface area (Å²) in [7, 11) is 3.28. The lowest BCUT2D eigenvalue weighted by atomic mass is 10.2. The predicted octanol–water partition coefficient (Wildman–Crippen LogP) is 2.33. The molecule has 0 aliphatic carbocycles. The van der Waals surface area contributed by atoms with E-state index in [2.05, 4.69) is 0 Å². The Hall–Kier alpha value is -1.06. The molecular weight excluding hydrogens is 226 g/mol. The first-order chi connectivity index (χ1) is 7.54. The number of amides is 1. The zero-order valence-electron chi connectivity index (χ0n) is 9.74. The molecule has 0 heterocycles. The summed E-state index contributed by atoms with van der Waals surface area (Å²) in [6.45, 7) is 2.30. The van der Waals surface area contributed by atoms with Crippen LogP contribution in [0.4, 0.5) is 0 Å². The van der Waals surface area contributed by atoms with Crippen LogP contribution >= 0.6 is 11.6 Å². The van der Waals surface area contributed by atoms with Crippen LogP contribution in [0, 0.1) is 0 Å². The molecule has 16 heavy (non-hydrogen) atoms. The lowest BCUT2D eigenvalue weighted by molar-refractivity contribution is -0.140. The van der Waals surface area contributed by atoms with Crippen LogP contribution in [0.1, 0.15) is 12.5 Å². The Labute approximate surface area is 101 Å². The standard InChI is InChI=1S/C12H16ClNO2/c1-9(16-3)12(15)14(2)8-10-4-6-11(13)7-5-10/h4-7,9H,8H2,1-3H3. The Balaban J connectivity index is 2.60. The molecule has 0 saturated carbocycles. The van der Waals surface area contributed by atoms with E-state index in [0.29, 0.717) is 11.6 Å². The van der Waals surface area contributed by atoms with Crippen molar-refractivity contribution < 1.29 is 9.53 Å². The van der Waals surface area contributed by atoms with Gasteiger partial charge in [0.15, 0.2) is 0 Å². The van der Waals surface area contributed by atoms with Gasteiger partial charge in [-0.05, 0) is 24.6 Å². The van der Waals surface area contributed by atoms with Crippen LogP contribution in [0.5, 0.6) is 0 Å². The summed E-state index contributed by atoms with van der Waals surface area (Å²) in [5.41, 5.74) is 1.04. The average molecular weight is 242 g/mol. The largest absolute Gasteiger partial charge is 0.372 e. The van der Waals surface area contributed by atoms with E-state index >= 15 is 0 Å². The highest BCUT2D eigenvalue weighted by atomic mass is 35.5. The number of nitrogens with zero attached hydrogens (tertiary/aromatic N) is 1. The van der Waals surface area contributed by atoms with Crippen molar-refractivity contribution in [2.24, 2.45) is 0 Å². The third-order valence-electron chi connectivity index (χ3n) is 2.41. The van der Waals surface area contributed by atoms with Crippen molar-refractivity contribution in [2.45, 2.75) is 19.6 Å². The smallest absolute Gasteiger partial charge is 0.251 e. The van der Waals surface area contributed by atoms with Crippen LogP contribution in [0.2, 0.25) is 5.02 Å². The minimum Gasteiger partial charge on any atom is -0.372 e. The second kappa shape index (κ2) is 5.87. The van der Waals surface area contributed by atoms with Crippen LogP contribution in [0.15, 0.2) is 24.3 Å². The molecule has 4 heteroatoms. The van der Waals surface area contributed by atoms with Crippen molar-refractivity contribution in [3.05, 3.63) is 34.9 Å². The maximum atomic E-state index is 11.7. The minimum absolute atomic E-state index is 0.0301. The van der Waals surface area contributed by atoms with E-state index in [-0.39, 0.29) is 5.91 Å². The van der Waals surface area contributed by atoms with Crippen molar-refractivity contribution in [1.29, 1.82) is 0 Å². The second-order valence-electron chi connectivity index (χ2n) is 3.70. The predicted molar refractivity (Wildman–Crippen MR) is 64.4 cm³/mol. The average Bonchev–Trinajstić information content (AvgIpc) is 2.30. The summed E-state index contributed by atoms with van der Waals surface area (Å²) in [6, 6.07) is 7.44. The topological polar surface area (TPSA) is 29.5 Å². The van der Waals surface area contributed by atoms with Crippen molar-refractivity contribution in [1.82, 2.24) is 4.90 Å². The van der Waals surface area contributed by atoms with Crippen molar-refractivity contribution in [3.8, 4) is 0 Å². The monoisotopic (exact) mass is 241 g/mol. The molecule has 0 saturated heterocycles. The van der Waals surface area contributed by atoms with Crippen LogP contribution in [0.25, 0.3) is 0 Å². The first-order valence-corrected chi connectivity index (χ1v) is 5.44. The second-order valence-corrected chi connectivity index (χ2v) is 4.14. The zero-order chi connectivity index (χ0) is 12.1. The van der Waals surface area contributed by atoms with Gasteiger partial charge in [-0.15, -0.1) is 0 Å². The molecule has 0 aliphatic heterocycles. The highest BCUT2D eigenvalue weighted by Crippen LogP contribution is 2.11. The van der Waals surface area contributed by atoms with E-state index in [0.717, 1.165) is 5.56 Å². The first-order valence-electron chi connectivity index (χ1n) is 5.07. The Bertz CT molecular complexity index is 351. The van der Waals surface area contributed by atoms with E-state index in [9.17, 15) is 4.79 Å². The molecule has 0 radical (unpaired) electrons. The SMILES string of the molecule is COC(C)C(=O)N(C)Cc1ccc(Cl)cc1. The maximum absolute atomic E-state index is 11.7. The van der Waals surface area contributed by atoms with Gasteiger partial charge in [0.05, 0.1) is 0 Å². The fourth-order valence-electron chi connectivity index (χ4n) is 1.35. The Morgan fingerprint density at radius 3 is 2.50 bits per heavy atom. The number of benzene rings is 1. The summed E-state index contributed by atoms with van der Waals surface area (Å²) >= 11 is 5.78. The van der Waals surface area contributed by atoms with Gasteiger partial charge in [-0.25, -0.2) is 0 Å². The molecule has 0 spiro atoms. The molecule has 1 aromatic carbocycles. The highest BCUT2D eigenvalue weighted by molar-refractivity contribution is 6.30. The van der Waals surface area contributed by atoms with E-state index in [4.69, 9.17) is 16.3 Å². The summed E-state index contributed by atoms with van der Waals surface area (Å²) < 4.78 is 4.98. The zero-order valence-corrected chi connectivity index (χ0v) is 10.5. The number of halogens is 1. The molecule has 3 nitrogen and oxygen atoms in total. The summed E-state index contributed by atoms with van der Waals surface area (Å²) in [5.74, 6) is -0.0301. The number of methoxy groups -OCH3 is 1. The fraction of sp³-hybridized carbons (Fsp3) is 0.417. The molecule has 0 fully saturated rings. The maximum Gasteiger partial charge on any atom is 0.251 e. The number of ether oxygens (including phenoxy) is 1. The Morgan fingerprint density at radius 2 is 2.00 bits per heavy atom. The van der Waals surface area contributed by atoms with Crippen LogP contribution in [-0.4, -0.2) is 31.1 Å². The van der Waals surface area contributed by atoms with Gasteiger partial charge in [-0.2, -0.15) is 0 Å². The van der Waals surface area contributed by atoms with Gasteiger partial charge in [0.25, 0.3) is 5.91 Å². The van der Waals surface area contributed by atoms with Crippen LogP contribution < -0.4 is 0 Å². The molecule has 0 aromatic heterocycles. The molecule has 1 rings (SSSR count). The molecular formula is C12H16ClNO2. The Kier molecular flexibility index (Phi) is 4.77. The summed E-state index contributed by atoms with van der Waals surface area (Å²) in [6.07, 6.45) is -0.405. The van der Waals surface area contributed by atoms with Crippen molar-refractivity contribution >= 4 is 17.5 Å². The third-order valence-corrected chi connectivity index (χ3v) is 2.66. The van der Waals surface area contributed by atoms with Crippen LogP contribution in [-0.2, 0) is 16.1 Å². The lowest BCUT2D eigenvalue weighted by Gasteiger charge is -2.20. The highest BCUT2D eigenvalue weighted by Gasteiger charge is 2.16. The molecule has 1 atom stereocenters. The number of hydrogen-bond acceptors (Lipinski definition) is 2. The van der Waals surface area contributed by atoms with Crippen molar-refractivity contribution in [3.63, 3.8) is 0 Å². The number of carbonyl (C=O) groups is 1. The van der Waals surface area contributed by atoms with Gasteiger partial charge in [0.2, 0.25) is 0 Å². The summed E-state index contributed by atoms with van der Waals surface area (Å²) in [5, 5.41) is 0.697.